The van der Waals surface area contributed by atoms with Crippen LogP contribution in [-0.2, 0) is 9.53 Å². The van der Waals surface area contributed by atoms with Crippen LogP contribution in [0.3, 0.4) is 0 Å². The lowest BCUT2D eigenvalue weighted by molar-refractivity contribution is -0.213. The molecule has 22 heavy (non-hydrogen) atoms. The number of carbonyl (C=O) groups excluding carboxylic acids is 1. The zero-order valence-corrected chi connectivity index (χ0v) is 13.6. The Labute approximate surface area is 132 Å². The first kappa shape index (κ1) is 15.1. The summed E-state index contributed by atoms with van der Waals surface area (Å²) in [6.45, 7) is 4.78. The number of ketones is 1. The van der Waals surface area contributed by atoms with Crippen LogP contribution in [0, 0.1) is 28.6 Å². The molecular formula is C18H28O4. The van der Waals surface area contributed by atoms with E-state index in [9.17, 15) is 15.0 Å². The summed E-state index contributed by atoms with van der Waals surface area (Å²) in [4.78, 5) is 12.4. The van der Waals surface area contributed by atoms with Crippen molar-refractivity contribution in [3.8, 4) is 0 Å². The molecule has 0 radical (unpaired) electrons. The van der Waals surface area contributed by atoms with Crippen molar-refractivity contribution < 1.29 is 19.7 Å². The summed E-state index contributed by atoms with van der Waals surface area (Å²) in [5, 5.41) is 20.1. The lowest BCUT2D eigenvalue weighted by Crippen LogP contribution is -2.59. The molecule has 124 valence electrons. The van der Waals surface area contributed by atoms with Gasteiger partial charge in [0, 0.05) is 0 Å². The van der Waals surface area contributed by atoms with E-state index in [4.69, 9.17) is 4.74 Å². The quantitative estimate of drug-likeness (QED) is 0.717. The molecule has 1 aliphatic heterocycles. The highest BCUT2D eigenvalue weighted by Gasteiger charge is 2.63. The number of hydrogen-bond donors (Lipinski definition) is 2. The molecule has 0 aromatic rings. The van der Waals surface area contributed by atoms with Gasteiger partial charge in [-0.25, -0.2) is 0 Å². The molecule has 4 rings (SSSR count). The Hall–Kier alpha value is -0.450. The van der Waals surface area contributed by atoms with E-state index < -0.39 is 11.5 Å². The SMILES string of the molecule is C[C@]12CC[C@H](O)C[C@@H]1CC[C@@H]1[C@@H]2OC[C@]2(C)C(=O)[C@@H](O)C[C@@H]12. The molecule has 4 heteroatoms. The van der Waals surface area contributed by atoms with E-state index in [0.29, 0.717) is 24.9 Å². The van der Waals surface area contributed by atoms with Crippen molar-refractivity contribution in [1.82, 2.24) is 0 Å². The number of ether oxygens (including phenoxy) is 1. The van der Waals surface area contributed by atoms with Gasteiger partial charge in [0.15, 0.2) is 5.78 Å². The predicted octanol–water partition coefficient (Wildman–Crippen LogP) is 1.92. The molecule has 1 heterocycles. The fraction of sp³-hybridized carbons (Fsp3) is 0.944. The fourth-order valence-corrected chi connectivity index (χ4v) is 6.24. The Kier molecular flexibility index (Phi) is 3.28. The molecule has 2 N–H and O–H groups in total. The molecule has 4 aliphatic rings. The topological polar surface area (TPSA) is 66.8 Å². The fourth-order valence-electron chi connectivity index (χ4n) is 6.24. The van der Waals surface area contributed by atoms with Gasteiger partial charge in [0.25, 0.3) is 0 Å². The van der Waals surface area contributed by atoms with E-state index in [-0.39, 0.29) is 29.3 Å². The third-order valence-electron chi connectivity index (χ3n) is 7.63. The van der Waals surface area contributed by atoms with Crippen molar-refractivity contribution in [2.45, 2.75) is 70.7 Å². The number of hydrogen-bond acceptors (Lipinski definition) is 4. The first-order chi connectivity index (χ1) is 10.4. The molecule has 4 fully saturated rings. The first-order valence-corrected chi connectivity index (χ1v) is 8.88. The molecule has 8 atom stereocenters. The van der Waals surface area contributed by atoms with Gasteiger partial charge in [0.05, 0.1) is 24.2 Å². The number of rotatable bonds is 0. The average molecular weight is 308 g/mol. The standard InChI is InChI=1S/C18H28O4/c1-17-6-5-11(19)7-10(17)3-4-12-13-8-14(20)15(21)18(13,2)9-22-16(12)17/h10-14,16,19-20H,3-9H2,1-2H3/t10-,11-,12-,13-,14-,16-,17-,18-/m0/s1. The van der Waals surface area contributed by atoms with Crippen LogP contribution in [0.15, 0.2) is 0 Å². The summed E-state index contributed by atoms with van der Waals surface area (Å²) in [6.07, 6.45) is 4.82. The van der Waals surface area contributed by atoms with E-state index >= 15 is 0 Å². The number of Topliss-reactive ketones (excluding diaryl/α,β-unsaturated/α-hetero) is 1. The number of aliphatic hydroxyl groups is 2. The minimum Gasteiger partial charge on any atom is -0.393 e. The van der Waals surface area contributed by atoms with Gasteiger partial charge < -0.3 is 14.9 Å². The zero-order valence-electron chi connectivity index (χ0n) is 13.6. The van der Waals surface area contributed by atoms with Gasteiger partial charge in [-0.1, -0.05) is 13.8 Å². The van der Waals surface area contributed by atoms with E-state index in [1.54, 1.807) is 0 Å². The summed E-state index contributed by atoms with van der Waals surface area (Å²) >= 11 is 0. The summed E-state index contributed by atoms with van der Waals surface area (Å²) in [7, 11) is 0. The number of aliphatic hydroxyl groups excluding tert-OH is 2. The number of fused-ring (bicyclic) bond motifs is 5. The maximum absolute atomic E-state index is 12.4. The van der Waals surface area contributed by atoms with E-state index in [0.717, 1.165) is 32.1 Å². The van der Waals surface area contributed by atoms with E-state index in [1.807, 2.05) is 6.92 Å². The summed E-state index contributed by atoms with van der Waals surface area (Å²) in [5.41, 5.74) is -0.363. The van der Waals surface area contributed by atoms with Crippen LogP contribution < -0.4 is 0 Å². The van der Waals surface area contributed by atoms with E-state index in [1.165, 1.54) is 0 Å². The molecule has 0 amide bonds. The van der Waals surface area contributed by atoms with Gasteiger partial charge in [-0.05, 0) is 61.7 Å². The Morgan fingerprint density at radius 2 is 1.91 bits per heavy atom. The molecular weight excluding hydrogens is 280 g/mol. The van der Waals surface area contributed by atoms with Crippen molar-refractivity contribution in [3.63, 3.8) is 0 Å². The molecule has 0 spiro atoms. The minimum atomic E-state index is -0.795. The zero-order chi connectivity index (χ0) is 15.7. The van der Waals surface area contributed by atoms with Gasteiger partial charge in [-0.3, -0.25) is 4.79 Å². The van der Waals surface area contributed by atoms with Crippen LogP contribution in [-0.4, -0.2) is 40.9 Å². The van der Waals surface area contributed by atoms with Crippen LogP contribution in [0.4, 0.5) is 0 Å². The highest BCUT2D eigenvalue weighted by Crippen LogP contribution is 2.61. The largest absolute Gasteiger partial charge is 0.393 e. The van der Waals surface area contributed by atoms with Crippen LogP contribution in [0.25, 0.3) is 0 Å². The Morgan fingerprint density at radius 3 is 2.68 bits per heavy atom. The number of carbonyl (C=O) groups is 1. The monoisotopic (exact) mass is 308 g/mol. The van der Waals surface area contributed by atoms with Crippen molar-refractivity contribution in [2.75, 3.05) is 6.61 Å². The smallest absolute Gasteiger partial charge is 0.169 e. The summed E-state index contributed by atoms with van der Waals surface area (Å²) in [6, 6.07) is 0. The lowest BCUT2D eigenvalue weighted by Gasteiger charge is -2.59. The molecule has 0 bridgehead atoms. The normalized spacial score (nSPS) is 57.9. The third kappa shape index (κ3) is 1.83. The van der Waals surface area contributed by atoms with Gasteiger partial charge in [0.1, 0.15) is 6.10 Å². The molecule has 0 unspecified atom stereocenters. The lowest BCUT2D eigenvalue weighted by atomic mass is 9.51. The van der Waals surface area contributed by atoms with Gasteiger partial charge in [-0.2, -0.15) is 0 Å². The van der Waals surface area contributed by atoms with Crippen LogP contribution in [0.1, 0.15) is 52.4 Å². The van der Waals surface area contributed by atoms with Gasteiger partial charge in [0.2, 0.25) is 0 Å². The summed E-state index contributed by atoms with van der Waals surface area (Å²) < 4.78 is 6.31. The van der Waals surface area contributed by atoms with Crippen molar-refractivity contribution in [3.05, 3.63) is 0 Å². The maximum atomic E-state index is 12.4. The van der Waals surface area contributed by atoms with Crippen molar-refractivity contribution >= 4 is 5.78 Å². The Morgan fingerprint density at radius 1 is 1.14 bits per heavy atom. The molecule has 0 aromatic carbocycles. The second-order valence-electron chi connectivity index (χ2n) is 8.74. The molecule has 3 aliphatic carbocycles. The second-order valence-corrected chi connectivity index (χ2v) is 8.74. The average Bonchev–Trinajstić information content (AvgIpc) is 2.72. The van der Waals surface area contributed by atoms with Crippen molar-refractivity contribution in [2.24, 2.45) is 28.6 Å². The minimum absolute atomic E-state index is 0.0118. The molecule has 0 aromatic heterocycles. The highest BCUT2D eigenvalue weighted by atomic mass is 16.5. The molecule has 4 nitrogen and oxygen atoms in total. The van der Waals surface area contributed by atoms with Gasteiger partial charge >= 0.3 is 0 Å². The predicted molar refractivity (Wildman–Crippen MR) is 81.1 cm³/mol. The highest BCUT2D eigenvalue weighted by molar-refractivity contribution is 5.91. The third-order valence-corrected chi connectivity index (χ3v) is 7.63. The van der Waals surface area contributed by atoms with E-state index in [2.05, 4.69) is 6.92 Å². The first-order valence-electron chi connectivity index (χ1n) is 8.88. The summed E-state index contributed by atoms with van der Waals surface area (Å²) in [5.74, 6) is 1.17. The Bertz CT molecular complexity index is 491. The second kappa shape index (κ2) is 4.78. The van der Waals surface area contributed by atoms with Crippen LogP contribution in [0.5, 0.6) is 0 Å². The molecule has 1 saturated heterocycles. The maximum Gasteiger partial charge on any atom is 0.169 e. The Balaban J connectivity index is 1.64. The molecule has 3 saturated carbocycles. The van der Waals surface area contributed by atoms with Crippen molar-refractivity contribution in [1.29, 1.82) is 0 Å². The van der Waals surface area contributed by atoms with Crippen LogP contribution >= 0.6 is 0 Å². The van der Waals surface area contributed by atoms with Crippen LogP contribution in [0.2, 0.25) is 0 Å². The van der Waals surface area contributed by atoms with Gasteiger partial charge in [-0.15, -0.1) is 0 Å².